The van der Waals surface area contributed by atoms with Crippen LogP contribution >= 0.6 is 11.6 Å². The van der Waals surface area contributed by atoms with E-state index in [-0.39, 0.29) is 31.2 Å². The minimum absolute atomic E-state index is 0.000437. The highest BCUT2D eigenvalue weighted by molar-refractivity contribution is 7.85. The molecule has 15 nitrogen and oxygen atoms in total. The van der Waals surface area contributed by atoms with E-state index in [1.54, 1.807) is 52.0 Å². The Hall–Kier alpha value is -3.89. The summed E-state index contributed by atoms with van der Waals surface area (Å²) in [5, 5.41) is 6.60. The largest absolute Gasteiger partial charge is 0.488 e. The summed E-state index contributed by atoms with van der Waals surface area (Å²) in [4.78, 5) is 62.1. The zero-order valence-electron chi connectivity index (χ0n) is 33.2. The molecular formula is C39H54ClN5O10S. The van der Waals surface area contributed by atoms with Crippen LogP contribution in [0.25, 0.3) is 10.9 Å². The number of nitrogens with one attached hydrogen (secondary N) is 3. The number of aromatic nitrogens is 1. The fraction of sp³-hybridized carbons (Fsp3) is 0.667. The molecule has 0 spiro atoms. The molecule has 2 aromatic rings. The smallest absolute Gasteiger partial charge is 0.408 e. The number of benzene rings is 1. The molecule has 56 heavy (non-hydrogen) atoms. The van der Waals surface area contributed by atoms with Crippen molar-refractivity contribution in [1.29, 1.82) is 0 Å². The van der Waals surface area contributed by atoms with E-state index in [0.29, 0.717) is 60.4 Å². The van der Waals surface area contributed by atoms with Crippen LogP contribution in [0.4, 0.5) is 4.79 Å². The van der Waals surface area contributed by atoms with Crippen LogP contribution in [0.15, 0.2) is 24.3 Å². The number of likely N-dealkylation sites (tertiary alicyclic amines) is 1. The Kier molecular flexibility index (Phi) is 11.5. The molecule has 1 aliphatic heterocycles. The van der Waals surface area contributed by atoms with Crippen molar-refractivity contribution >= 4 is 56.6 Å². The van der Waals surface area contributed by atoms with Gasteiger partial charge in [0.05, 0.1) is 29.3 Å². The minimum atomic E-state index is -4.47. The number of amides is 4. The van der Waals surface area contributed by atoms with Crippen molar-refractivity contribution in [2.45, 2.75) is 141 Å². The van der Waals surface area contributed by atoms with Crippen molar-refractivity contribution in [1.82, 2.24) is 25.2 Å². The van der Waals surface area contributed by atoms with Gasteiger partial charge in [0.15, 0.2) is 0 Å². The first kappa shape index (κ1) is 41.7. The molecule has 4 aliphatic rings. The Morgan fingerprint density at radius 2 is 1.75 bits per heavy atom. The summed E-state index contributed by atoms with van der Waals surface area (Å²) in [7, 11) is -4.47. The molecule has 0 radical (unpaired) electrons. The van der Waals surface area contributed by atoms with Crippen LogP contribution in [0, 0.1) is 11.3 Å². The van der Waals surface area contributed by atoms with Gasteiger partial charge in [-0.3, -0.25) is 14.4 Å². The quantitative estimate of drug-likeness (QED) is 0.224. The zero-order chi connectivity index (χ0) is 40.8. The van der Waals surface area contributed by atoms with Gasteiger partial charge in [-0.15, -0.1) is 0 Å². The van der Waals surface area contributed by atoms with E-state index < -0.39 is 74.5 Å². The van der Waals surface area contributed by atoms with Gasteiger partial charge in [-0.05, 0) is 89.2 Å². The van der Waals surface area contributed by atoms with Gasteiger partial charge in [0.2, 0.25) is 17.7 Å². The van der Waals surface area contributed by atoms with Gasteiger partial charge < -0.3 is 29.7 Å². The zero-order valence-corrected chi connectivity index (χ0v) is 34.7. The van der Waals surface area contributed by atoms with Gasteiger partial charge in [-0.1, -0.05) is 51.8 Å². The highest BCUT2D eigenvalue weighted by Gasteiger charge is 2.62. The molecule has 0 bridgehead atoms. The molecule has 3 N–H and O–H groups in total. The SMILES string of the molecule is CCOc1cc(O[C@@H]2C[C@@H](C(=O)N[C@]3(C(=O)NS(=O)(=O)OC4(C)CC4)C[C@H]3CC)N(C(=O)[C@@H](NC(=O)OC3(C)CCCC3)C(C)(C)C)C2)c2cccc(Cl)c2n1. The van der Waals surface area contributed by atoms with Crippen molar-refractivity contribution in [2.24, 2.45) is 11.3 Å². The maximum absolute atomic E-state index is 14.7. The Morgan fingerprint density at radius 3 is 2.36 bits per heavy atom. The van der Waals surface area contributed by atoms with Crippen molar-refractivity contribution in [3.63, 3.8) is 0 Å². The van der Waals surface area contributed by atoms with Crippen LogP contribution in [0.2, 0.25) is 5.02 Å². The van der Waals surface area contributed by atoms with Crippen LogP contribution in [-0.2, 0) is 33.6 Å². The lowest BCUT2D eigenvalue weighted by Crippen LogP contribution is -2.60. The van der Waals surface area contributed by atoms with E-state index in [1.165, 1.54) is 4.90 Å². The van der Waals surface area contributed by atoms with E-state index in [0.717, 1.165) is 12.8 Å². The van der Waals surface area contributed by atoms with E-state index in [9.17, 15) is 27.6 Å². The number of carbonyl (C=O) groups is 4. The summed E-state index contributed by atoms with van der Waals surface area (Å²) in [5.74, 6) is -1.85. The predicted molar refractivity (Wildman–Crippen MR) is 207 cm³/mol. The van der Waals surface area contributed by atoms with Crippen LogP contribution < -0.4 is 24.8 Å². The maximum atomic E-state index is 14.7. The molecule has 17 heteroatoms. The number of para-hydroxylation sites is 1. The second kappa shape index (κ2) is 15.5. The van der Waals surface area contributed by atoms with Gasteiger partial charge in [-0.25, -0.2) is 18.7 Å². The number of alkyl carbamates (subject to hydrolysis) is 1. The summed E-state index contributed by atoms with van der Waals surface area (Å²) in [5.41, 5.74) is -3.44. The highest BCUT2D eigenvalue weighted by Crippen LogP contribution is 2.47. The fourth-order valence-corrected chi connectivity index (χ4v) is 9.17. The Balaban J connectivity index is 1.29. The van der Waals surface area contributed by atoms with Gasteiger partial charge in [-0.2, -0.15) is 8.42 Å². The van der Waals surface area contributed by atoms with Gasteiger partial charge >= 0.3 is 16.4 Å². The van der Waals surface area contributed by atoms with E-state index in [2.05, 4.69) is 15.6 Å². The van der Waals surface area contributed by atoms with E-state index in [4.69, 9.17) is 30.0 Å². The van der Waals surface area contributed by atoms with Crippen molar-refractivity contribution in [2.75, 3.05) is 13.2 Å². The van der Waals surface area contributed by atoms with Gasteiger partial charge in [0, 0.05) is 17.9 Å². The second-order valence-electron chi connectivity index (χ2n) is 17.2. The first-order chi connectivity index (χ1) is 26.2. The first-order valence-electron chi connectivity index (χ1n) is 19.5. The lowest BCUT2D eigenvalue weighted by Gasteiger charge is -2.36. The van der Waals surface area contributed by atoms with Crippen molar-refractivity contribution < 1.29 is 46.0 Å². The molecule has 1 saturated heterocycles. The summed E-state index contributed by atoms with van der Waals surface area (Å²) in [6.07, 6.45) is 3.53. The van der Waals surface area contributed by atoms with Gasteiger partial charge in [0.25, 0.3) is 5.91 Å². The molecular weight excluding hydrogens is 766 g/mol. The van der Waals surface area contributed by atoms with Gasteiger partial charge in [0.1, 0.15) is 35.1 Å². The average molecular weight is 820 g/mol. The molecule has 3 saturated carbocycles. The maximum Gasteiger partial charge on any atom is 0.408 e. The van der Waals surface area contributed by atoms with E-state index in [1.807, 2.05) is 25.5 Å². The fourth-order valence-electron chi connectivity index (χ4n) is 7.81. The molecule has 1 aromatic heterocycles. The van der Waals surface area contributed by atoms with Crippen molar-refractivity contribution in [3.05, 3.63) is 29.3 Å². The number of hydrogen-bond donors (Lipinski definition) is 3. The molecule has 4 amide bonds. The predicted octanol–water partition coefficient (Wildman–Crippen LogP) is 5.32. The Morgan fingerprint density at radius 1 is 1.05 bits per heavy atom. The lowest BCUT2D eigenvalue weighted by atomic mass is 9.85. The summed E-state index contributed by atoms with van der Waals surface area (Å²) < 4.78 is 51.0. The summed E-state index contributed by atoms with van der Waals surface area (Å²) in [6, 6.07) is 4.57. The first-order valence-corrected chi connectivity index (χ1v) is 21.3. The third kappa shape index (κ3) is 9.12. The number of hydrogen-bond acceptors (Lipinski definition) is 11. The molecule has 4 fully saturated rings. The number of ether oxygens (including phenoxy) is 3. The Bertz CT molecular complexity index is 1980. The lowest BCUT2D eigenvalue weighted by molar-refractivity contribution is -0.143. The standard InChI is InChI=1S/C39H54ClN5O10S/c1-8-23-21-39(23,34(48)44-56(50,51)55-38(7)17-18-38)43-32(46)27-19-24(53-28-20-29(52-9-2)41-30-25(28)13-12-14-26(30)40)22-45(27)33(47)31(36(3,4)5)42-35(49)54-37(6)15-10-11-16-37/h12-14,20,23-24,27,31H,8-11,15-19,21-22H2,1-7H3,(H,42,49)(H,43,46)(H,44,48)/t23-,24-,27+,31-,39-/m1/s1. The third-order valence-corrected chi connectivity index (χ3v) is 12.7. The number of rotatable bonds is 14. The molecule has 308 valence electrons. The van der Waals surface area contributed by atoms with Crippen molar-refractivity contribution in [3.8, 4) is 11.6 Å². The monoisotopic (exact) mass is 819 g/mol. The molecule has 6 rings (SSSR count). The average Bonchev–Trinajstić information content (AvgIpc) is 3.88. The van der Waals surface area contributed by atoms with E-state index >= 15 is 0 Å². The molecule has 2 heterocycles. The molecule has 3 aliphatic carbocycles. The molecule has 1 aromatic carbocycles. The van der Waals surface area contributed by atoms with Crippen LogP contribution in [0.5, 0.6) is 11.6 Å². The van der Waals surface area contributed by atoms with Crippen LogP contribution in [0.3, 0.4) is 0 Å². The number of fused-ring (bicyclic) bond motifs is 1. The minimum Gasteiger partial charge on any atom is -0.488 e. The molecule has 0 unspecified atom stereocenters. The summed E-state index contributed by atoms with van der Waals surface area (Å²) in [6.45, 7) is 12.8. The number of nitrogens with zero attached hydrogens (tertiary/aromatic N) is 2. The second-order valence-corrected chi connectivity index (χ2v) is 18.9. The third-order valence-electron chi connectivity index (χ3n) is 11.4. The molecule has 5 atom stereocenters. The topological polar surface area (TPSA) is 192 Å². The van der Waals surface area contributed by atoms with Crippen LogP contribution in [-0.4, -0.2) is 90.2 Å². The number of halogens is 1. The normalized spacial score (nSPS) is 25.6. The number of pyridine rings is 1. The van der Waals surface area contributed by atoms with Crippen LogP contribution in [0.1, 0.15) is 106 Å². The Labute approximate surface area is 333 Å². The summed E-state index contributed by atoms with van der Waals surface area (Å²) >= 11 is 6.52. The number of carbonyl (C=O) groups excluding carboxylic acids is 4. The highest BCUT2D eigenvalue weighted by atomic mass is 35.5.